The lowest BCUT2D eigenvalue weighted by molar-refractivity contribution is 0.0101. The lowest BCUT2D eigenvalue weighted by Crippen LogP contribution is -2.21. The molecule has 3 rings (SSSR count). The molecule has 0 saturated heterocycles. The molecule has 4 heteroatoms. The highest BCUT2D eigenvalue weighted by molar-refractivity contribution is 6.30. The molecular formula is C16H14ClFO2. The molecule has 1 heterocycles. The first kappa shape index (κ1) is 13.4. The van der Waals surface area contributed by atoms with E-state index in [0.29, 0.717) is 19.0 Å². The fourth-order valence-corrected chi connectivity index (χ4v) is 2.47. The molecule has 1 unspecified atom stereocenters. The first-order valence-electron chi connectivity index (χ1n) is 6.51. The van der Waals surface area contributed by atoms with E-state index in [1.165, 1.54) is 17.7 Å². The molecule has 1 atom stereocenters. The van der Waals surface area contributed by atoms with Crippen LogP contribution < -0.4 is 4.74 Å². The lowest BCUT2D eigenvalue weighted by Gasteiger charge is -2.26. The molecule has 0 aromatic heterocycles. The Morgan fingerprint density at radius 1 is 1.25 bits per heavy atom. The molecule has 2 nitrogen and oxygen atoms in total. The third-order valence-electron chi connectivity index (χ3n) is 3.38. The lowest BCUT2D eigenvalue weighted by atomic mass is 9.98. The maximum atomic E-state index is 13.3. The molecule has 20 heavy (non-hydrogen) atoms. The zero-order valence-electron chi connectivity index (χ0n) is 10.8. The molecule has 2 aromatic rings. The predicted molar refractivity (Wildman–Crippen MR) is 75.7 cm³/mol. The van der Waals surface area contributed by atoms with Crippen molar-refractivity contribution in [1.29, 1.82) is 0 Å². The van der Waals surface area contributed by atoms with E-state index in [1.807, 2.05) is 18.2 Å². The van der Waals surface area contributed by atoms with Crippen LogP contribution in [0.25, 0.3) is 0 Å². The summed E-state index contributed by atoms with van der Waals surface area (Å²) in [5.74, 6) is -0.0207. The van der Waals surface area contributed by atoms with E-state index < -0.39 is 5.82 Å². The van der Waals surface area contributed by atoms with Gasteiger partial charge in [-0.15, -0.1) is 0 Å². The van der Waals surface area contributed by atoms with Crippen LogP contribution in [0.1, 0.15) is 17.2 Å². The van der Waals surface area contributed by atoms with Crippen LogP contribution >= 0.6 is 11.6 Å². The molecular weight excluding hydrogens is 279 g/mol. The Kier molecular flexibility index (Phi) is 3.90. The van der Waals surface area contributed by atoms with Gasteiger partial charge in [0.25, 0.3) is 0 Å². The topological polar surface area (TPSA) is 18.5 Å². The van der Waals surface area contributed by atoms with Crippen LogP contribution in [0.4, 0.5) is 4.39 Å². The Morgan fingerprint density at radius 2 is 2.10 bits per heavy atom. The van der Waals surface area contributed by atoms with Crippen LogP contribution in [-0.2, 0) is 11.2 Å². The first-order chi connectivity index (χ1) is 9.74. The van der Waals surface area contributed by atoms with Crippen molar-refractivity contribution in [3.05, 3.63) is 64.4 Å². The summed E-state index contributed by atoms with van der Waals surface area (Å²) in [6, 6.07) is 12.6. The molecule has 0 bridgehead atoms. The van der Waals surface area contributed by atoms with Gasteiger partial charge in [-0.05, 0) is 29.7 Å². The van der Waals surface area contributed by atoms with E-state index >= 15 is 0 Å². The second-order valence-electron chi connectivity index (χ2n) is 4.70. The van der Waals surface area contributed by atoms with Gasteiger partial charge in [0.1, 0.15) is 24.3 Å². The van der Waals surface area contributed by atoms with Gasteiger partial charge < -0.3 is 9.47 Å². The van der Waals surface area contributed by atoms with Crippen molar-refractivity contribution in [1.82, 2.24) is 0 Å². The van der Waals surface area contributed by atoms with Crippen LogP contribution in [0.5, 0.6) is 5.75 Å². The highest BCUT2D eigenvalue weighted by Crippen LogP contribution is 2.28. The molecule has 0 saturated carbocycles. The highest BCUT2D eigenvalue weighted by atomic mass is 35.5. The fraction of sp³-hybridized carbons (Fsp3) is 0.250. The Labute approximate surface area is 122 Å². The zero-order chi connectivity index (χ0) is 13.9. The first-order valence-corrected chi connectivity index (χ1v) is 6.89. The van der Waals surface area contributed by atoms with Gasteiger partial charge >= 0.3 is 0 Å². The molecule has 0 fully saturated rings. The van der Waals surface area contributed by atoms with Gasteiger partial charge in [-0.25, -0.2) is 4.39 Å². The summed E-state index contributed by atoms with van der Waals surface area (Å²) < 4.78 is 24.7. The Balaban J connectivity index is 1.71. The number of benzene rings is 2. The number of hydrogen-bond donors (Lipinski definition) is 0. The monoisotopic (exact) mass is 292 g/mol. The van der Waals surface area contributed by atoms with Gasteiger partial charge in [-0.2, -0.15) is 0 Å². The summed E-state index contributed by atoms with van der Waals surface area (Å²) in [4.78, 5) is 0. The Hall–Kier alpha value is -1.58. The van der Waals surface area contributed by atoms with E-state index in [0.717, 1.165) is 12.0 Å². The van der Waals surface area contributed by atoms with E-state index in [4.69, 9.17) is 21.1 Å². The smallest absolute Gasteiger partial charge is 0.145 e. The van der Waals surface area contributed by atoms with Crippen molar-refractivity contribution in [3.63, 3.8) is 0 Å². The van der Waals surface area contributed by atoms with E-state index in [-0.39, 0.29) is 11.1 Å². The predicted octanol–water partition coefficient (Wildman–Crippen LogP) is 4.17. The third kappa shape index (κ3) is 2.79. The maximum absolute atomic E-state index is 13.3. The van der Waals surface area contributed by atoms with E-state index in [1.54, 1.807) is 6.07 Å². The SMILES string of the molecule is Fc1cc(OCC2OCCc3ccccc32)ccc1Cl. The maximum Gasteiger partial charge on any atom is 0.145 e. The molecule has 0 aliphatic carbocycles. The van der Waals surface area contributed by atoms with Crippen LogP contribution in [-0.4, -0.2) is 13.2 Å². The zero-order valence-corrected chi connectivity index (χ0v) is 11.6. The summed E-state index contributed by atoms with van der Waals surface area (Å²) in [7, 11) is 0. The minimum Gasteiger partial charge on any atom is -0.490 e. The van der Waals surface area contributed by atoms with Crippen LogP contribution in [0.15, 0.2) is 42.5 Å². The molecule has 0 radical (unpaired) electrons. The highest BCUT2D eigenvalue weighted by Gasteiger charge is 2.21. The Morgan fingerprint density at radius 3 is 2.95 bits per heavy atom. The average Bonchev–Trinajstić information content (AvgIpc) is 2.48. The van der Waals surface area contributed by atoms with Crippen molar-refractivity contribution in [2.45, 2.75) is 12.5 Å². The standard InChI is InChI=1S/C16H14ClFO2/c17-14-6-5-12(9-15(14)18)20-10-16-13-4-2-1-3-11(13)7-8-19-16/h1-6,9,16H,7-8,10H2. The van der Waals surface area contributed by atoms with Crippen LogP contribution in [0, 0.1) is 5.82 Å². The molecule has 1 aliphatic rings. The molecule has 0 N–H and O–H groups in total. The number of fused-ring (bicyclic) bond motifs is 1. The van der Waals surface area contributed by atoms with Crippen molar-refractivity contribution in [2.75, 3.05) is 13.2 Å². The average molecular weight is 293 g/mol. The number of rotatable bonds is 3. The van der Waals surface area contributed by atoms with Gasteiger partial charge in [-0.1, -0.05) is 35.9 Å². The van der Waals surface area contributed by atoms with E-state index in [9.17, 15) is 4.39 Å². The number of halogens is 2. The quantitative estimate of drug-likeness (QED) is 0.845. The minimum atomic E-state index is -0.478. The molecule has 0 spiro atoms. The summed E-state index contributed by atoms with van der Waals surface area (Å²) in [5.41, 5.74) is 2.43. The summed E-state index contributed by atoms with van der Waals surface area (Å²) in [5, 5.41) is 0.0941. The summed E-state index contributed by atoms with van der Waals surface area (Å²) in [6.07, 6.45) is 0.807. The van der Waals surface area contributed by atoms with Crippen LogP contribution in [0.2, 0.25) is 5.02 Å². The Bertz CT molecular complexity index is 615. The molecule has 0 amide bonds. The van der Waals surface area contributed by atoms with Crippen LogP contribution in [0.3, 0.4) is 0 Å². The van der Waals surface area contributed by atoms with Gasteiger partial charge in [0.05, 0.1) is 11.6 Å². The normalized spacial score (nSPS) is 17.6. The van der Waals surface area contributed by atoms with Crippen molar-refractivity contribution in [2.24, 2.45) is 0 Å². The number of hydrogen-bond acceptors (Lipinski definition) is 2. The van der Waals surface area contributed by atoms with Crippen molar-refractivity contribution < 1.29 is 13.9 Å². The van der Waals surface area contributed by atoms with Crippen molar-refractivity contribution >= 4 is 11.6 Å². The summed E-state index contributed by atoms with van der Waals surface area (Å²) >= 11 is 5.64. The van der Waals surface area contributed by atoms with Gasteiger partial charge in [-0.3, -0.25) is 0 Å². The summed E-state index contributed by atoms with van der Waals surface area (Å²) in [6.45, 7) is 1.04. The minimum absolute atomic E-state index is 0.0941. The third-order valence-corrected chi connectivity index (χ3v) is 3.69. The van der Waals surface area contributed by atoms with Crippen molar-refractivity contribution in [3.8, 4) is 5.75 Å². The number of ether oxygens (including phenoxy) is 2. The van der Waals surface area contributed by atoms with Gasteiger partial charge in [0.15, 0.2) is 0 Å². The van der Waals surface area contributed by atoms with E-state index in [2.05, 4.69) is 6.07 Å². The second kappa shape index (κ2) is 5.81. The molecule has 104 valence electrons. The molecule has 1 aliphatic heterocycles. The van der Waals surface area contributed by atoms with Gasteiger partial charge in [0, 0.05) is 6.07 Å². The molecule has 2 aromatic carbocycles. The largest absolute Gasteiger partial charge is 0.490 e. The fourth-order valence-electron chi connectivity index (χ4n) is 2.35. The van der Waals surface area contributed by atoms with Gasteiger partial charge in [0.2, 0.25) is 0 Å². The second-order valence-corrected chi connectivity index (χ2v) is 5.10.